The standard InChI is InChI=1S/C14H14O2S2/c15-11-9-14(18-13-7-3-4-8-16-13)17-12-6-2-1-5-10(11)12/h1-2,5-6,9,13H,3-4,7-8H2. The number of hydrogen-bond acceptors (Lipinski definition) is 4. The van der Waals surface area contributed by atoms with Crippen LogP contribution in [-0.4, -0.2) is 12.0 Å². The Labute approximate surface area is 114 Å². The molecule has 1 fully saturated rings. The second-order valence-electron chi connectivity index (χ2n) is 4.34. The first kappa shape index (κ1) is 12.2. The molecule has 1 aliphatic heterocycles. The van der Waals surface area contributed by atoms with E-state index in [1.807, 2.05) is 24.3 Å². The van der Waals surface area contributed by atoms with E-state index in [0.29, 0.717) is 0 Å². The minimum absolute atomic E-state index is 0.114. The predicted molar refractivity (Wildman–Crippen MR) is 77.5 cm³/mol. The van der Waals surface area contributed by atoms with Gasteiger partial charge < -0.3 is 4.74 Å². The summed E-state index contributed by atoms with van der Waals surface area (Å²) in [5.41, 5.74) is 0.332. The predicted octanol–water partition coefficient (Wildman–Crippen LogP) is 3.88. The summed E-state index contributed by atoms with van der Waals surface area (Å²) >= 11 is 3.37. The average Bonchev–Trinajstić information content (AvgIpc) is 2.40. The third-order valence-corrected chi connectivity index (χ3v) is 5.42. The van der Waals surface area contributed by atoms with Gasteiger partial charge in [-0.2, -0.15) is 0 Å². The van der Waals surface area contributed by atoms with Gasteiger partial charge in [0.2, 0.25) is 0 Å². The van der Waals surface area contributed by atoms with Crippen LogP contribution in [-0.2, 0) is 4.74 Å². The van der Waals surface area contributed by atoms with E-state index in [1.54, 1.807) is 29.2 Å². The molecule has 18 heavy (non-hydrogen) atoms. The molecule has 4 heteroatoms. The van der Waals surface area contributed by atoms with Crippen molar-refractivity contribution in [1.29, 1.82) is 0 Å². The van der Waals surface area contributed by atoms with Gasteiger partial charge in [0.05, 0.1) is 4.21 Å². The molecule has 0 N–H and O–H groups in total. The van der Waals surface area contributed by atoms with Crippen LogP contribution in [0.15, 0.2) is 39.3 Å². The fourth-order valence-electron chi connectivity index (χ4n) is 2.07. The van der Waals surface area contributed by atoms with Gasteiger partial charge in [0.1, 0.15) is 5.44 Å². The molecule has 1 saturated heterocycles. The molecule has 0 saturated carbocycles. The molecule has 1 aromatic heterocycles. The molecule has 2 aromatic rings. The summed E-state index contributed by atoms with van der Waals surface area (Å²) in [5, 5.41) is 0.816. The van der Waals surface area contributed by atoms with Crippen LogP contribution >= 0.6 is 23.1 Å². The molecule has 0 radical (unpaired) electrons. The van der Waals surface area contributed by atoms with Crippen LogP contribution < -0.4 is 5.43 Å². The summed E-state index contributed by atoms with van der Waals surface area (Å²) in [6.07, 6.45) is 3.46. The first-order chi connectivity index (χ1) is 8.83. The monoisotopic (exact) mass is 278 g/mol. The van der Waals surface area contributed by atoms with Gasteiger partial charge in [0.15, 0.2) is 5.43 Å². The van der Waals surface area contributed by atoms with Gasteiger partial charge in [-0.15, -0.1) is 11.3 Å². The Morgan fingerprint density at radius 3 is 3.00 bits per heavy atom. The number of benzene rings is 1. The highest BCUT2D eigenvalue weighted by molar-refractivity contribution is 8.01. The van der Waals surface area contributed by atoms with Crippen molar-refractivity contribution in [2.45, 2.75) is 28.9 Å². The zero-order valence-corrected chi connectivity index (χ0v) is 11.6. The third-order valence-electron chi connectivity index (χ3n) is 3.00. The molecule has 3 rings (SSSR count). The number of fused-ring (bicyclic) bond motifs is 1. The molecule has 1 aromatic carbocycles. The van der Waals surface area contributed by atoms with Crippen LogP contribution in [0.3, 0.4) is 0 Å². The quantitative estimate of drug-likeness (QED) is 0.834. The van der Waals surface area contributed by atoms with Crippen molar-refractivity contribution in [3.8, 4) is 0 Å². The lowest BCUT2D eigenvalue weighted by Gasteiger charge is -2.21. The third kappa shape index (κ3) is 2.60. The first-order valence-corrected chi connectivity index (χ1v) is 7.84. The van der Waals surface area contributed by atoms with Gasteiger partial charge in [-0.3, -0.25) is 4.79 Å². The Bertz CT molecular complexity index is 600. The molecule has 94 valence electrons. The van der Waals surface area contributed by atoms with Crippen molar-refractivity contribution in [2.24, 2.45) is 0 Å². The molecule has 0 spiro atoms. The van der Waals surface area contributed by atoms with Gasteiger partial charge in [-0.1, -0.05) is 23.9 Å². The van der Waals surface area contributed by atoms with E-state index in [2.05, 4.69) is 0 Å². The highest BCUT2D eigenvalue weighted by atomic mass is 32.2. The van der Waals surface area contributed by atoms with Gasteiger partial charge in [0.25, 0.3) is 0 Å². The van der Waals surface area contributed by atoms with Gasteiger partial charge in [-0.25, -0.2) is 0 Å². The zero-order valence-electron chi connectivity index (χ0n) is 9.93. The second-order valence-corrected chi connectivity index (χ2v) is 6.88. The summed E-state index contributed by atoms with van der Waals surface area (Å²) in [4.78, 5) is 12.0. The summed E-state index contributed by atoms with van der Waals surface area (Å²) in [6, 6.07) is 9.53. The lowest BCUT2D eigenvalue weighted by atomic mass is 10.2. The lowest BCUT2D eigenvalue weighted by molar-refractivity contribution is 0.0729. The summed E-state index contributed by atoms with van der Waals surface area (Å²) in [6.45, 7) is 0.847. The Balaban J connectivity index is 1.90. The Kier molecular flexibility index (Phi) is 3.68. The minimum Gasteiger partial charge on any atom is -0.367 e. The summed E-state index contributed by atoms with van der Waals surface area (Å²) < 4.78 is 7.82. The van der Waals surface area contributed by atoms with Crippen LogP contribution in [0.25, 0.3) is 10.1 Å². The topological polar surface area (TPSA) is 26.3 Å². The molecule has 0 amide bonds. The molecule has 1 atom stereocenters. The van der Waals surface area contributed by atoms with Crippen molar-refractivity contribution in [1.82, 2.24) is 0 Å². The highest BCUT2D eigenvalue weighted by Gasteiger charge is 2.16. The maximum absolute atomic E-state index is 12.0. The zero-order chi connectivity index (χ0) is 12.4. The van der Waals surface area contributed by atoms with E-state index in [4.69, 9.17) is 4.74 Å². The van der Waals surface area contributed by atoms with Crippen molar-refractivity contribution < 1.29 is 4.74 Å². The van der Waals surface area contributed by atoms with E-state index in [1.165, 1.54) is 6.42 Å². The largest absolute Gasteiger partial charge is 0.367 e. The number of hydrogen-bond donors (Lipinski definition) is 0. The van der Waals surface area contributed by atoms with Gasteiger partial charge in [-0.05, 0) is 31.4 Å². The van der Waals surface area contributed by atoms with E-state index in [-0.39, 0.29) is 10.9 Å². The number of thioether (sulfide) groups is 1. The Hall–Kier alpha value is -0.840. The molecule has 1 aliphatic rings. The molecule has 2 heterocycles. The van der Waals surface area contributed by atoms with E-state index < -0.39 is 0 Å². The summed E-state index contributed by atoms with van der Waals surface area (Å²) in [5.74, 6) is 0. The molecule has 0 aliphatic carbocycles. The fraction of sp³-hybridized carbons (Fsp3) is 0.357. The van der Waals surface area contributed by atoms with E-state index in [9.17, 15) is 4.79 Å². The number of ether oxygens (including phenoxy) is 1. The molecule has 0 bridgehead atoms. The van der Waals surface area contributed by atoms with Crippen LogP contribution in [0.5, 0.6) is 0 Å². The Morgan fingerprint density at radius 1 is 1.28 bits per heavy atom. The molecular formula is C14H14O2S2. The number of rotatable bonds is 2. The first-order valence-electron chi connectivity index (χ1n) is 6.14. The molecule has 1 unspecified atom stereocenters. The van der Waals surface area contributed by atoms with Crippen LogP contribution in [0.4, 0.5) is 0 Å². The van der Waals surface area contributed by atoms with Crippen molar-refractivity contribution in [2.75, 3.05) is 6.61 Å². The van der Waals surface area contributed by atoms with E-state index in [0.717, 1.165) is 33.7 Å². The highest BCUT2D eigenvalue weighted by Crippen LogP contribution is 2.34. The van der Waals surface area contributed by atoms with Crippen molar-refractivity contribution in [3.63, 3.8) is 0 Å². The second kappa shape index (κ2) is 5.43. The van der Waals surface area contributed by atoms with Crippen LogP contribution in [0.1, 0.15) is 19.3 Å². The average molecular weight is 278 g/mol. The van der Waals surface area contributed by atoms with Crippen molar-refractivity contribution in [3.05, 3.63) is 40.6 Å². The fourth-order valence-corrected chi connectivity index (χ4v) is 4.55. The van der Waals surface area contributed by atoms with Crippen molar-refractivity contribution >= 4 is 33.2 Å². The normalized spacial score (nSPS) is 20.1. The Morgan fingerprint density at radius 2 is 2.17 bits per heavy atom. The SMILES string of the molecule is O=c1cc(SC2CCCCO2)sc2ccccc12. The lowest BCUT2D eigenvalue weighted by Crippen LogP contribution is -2.15. The smallest absolute Gasteiger partial charge is 0.189 e. The summed E-state index contributed by atoms with van der Waals surface area (Å²) in [7, 11) is 0. The molecule has 2 nitrogen and oxygen atoms in total. The van der Waals surface area contributed by atoms with Crippen LogP contribution in [0, 0.1) is 0 Å². The minimum atomic E-state index is 0.114. The van der Waals surface area contributed by atoms with Gasteiger partial charge >= 0.3 is 0 Å². The maximum atomic E-state index is 12.0. The van der Waals surface area contributed by atoms with Gasteiger partial charge in [0, 0.05) is 22.8 Å². The van der Waals surface area contributed by atoms with Crippen LogP contribution in [0.2, 0.25) is 0 Å². The molecular weight excluding hydrogens is 264 g/mol. The van der Waals surface area contributed by atoms with E-state index >= 15 is 0 Å². The maximum Gasteiger partial charge on any atom is 0.189 e.